The molecule has 0 fully saturated rings. The molecule has 2 heterocycles. The number of thiophene rings is 1. The first kappa shape index (κ1) is 14.7. The standard InChI is InChI=1S/C11H14N4O3S2/c1-11(17,7-4-3-5-19-7)6-12-8(16)13-9-14-15-10(18-2)20-9/h3-5,17H,6H2,1-2H3,(H2,12,13,14,16)/t11-/m0/s1. The van der Waals surface area contributed by atoms with Crippen molar-refractivity contribution < 1.29 is 14.6 Å². The molecule has 0 aliphatic heterocycles. The third-order valence-electron chi connectivity index (χ3n) is 2.45. The van der Waals surface area contributed by atoms with Crippen molar-refractivity contribution in [1.82, 2.24) is 15.5 Å². The normalized spacial score (nSPS) is 13.6. The topological polar surface area (TPSA) is 96.4 Å². The summed E-state index contributed by atoms with van der Waals surface area (Å²) in [6.45, 7) is 1.74. The molecule has 0 aliphatic rings. The summed E-state index contributed by atoms with van der Waals surface area (Å²) in [5.41, 5.74) is -1.11. The van der Waals surface area contributed by atoms with Crippen molar-refractivity contribution in [1.29, 1.82) is 0 Å². The van der Waals surface area contributed by atoms with Crippen molar-refractivity contribution in [3.05, 3.63) is 22.4 Å². The van der Waals surface area contributed by atoms with Gasteiger partial charge in [0.2, 0.25) is 5.13 Å². The Morgan fingerprint density at radius 3 is 2.95 bits per heavy atom. The average Bonchev–Trinajstić information content (AvgIpc) is 3.07. The number of aliphatic hydroxyl groups is 1. The first-order chi connectivity index (χ1) is 9.51. The van der Waals surface area contributed by atoms with E-state index in [1.165, 1.54) is 18.4 Å². The number of hydrogen-bond acceptors (Lipinski definition) is 7. The van der Waals surface area contributed by atoms with Gasteiger partial charge in [0, 0.05) is 4.88 Å². The second-order valence-electron chi connectivity index (χ2n) is 4.14. The van der Waals surface area contributed by atoms with Gasteiger partial charge >= 0.3 is 6.03 Å². The van der Waals surface area contributed by atoms with Gasteiger partial charge in [-0.15, -0.1) is 16.4 Å². The number of hydrogen-bond donors (Lipinski definition) is 3. The van der Waals surface area contributed by atoms with Crippen LogP contribution < -0.4 is 15.4 Å². The van der Waals surface area contributed by atoms with Crippen LogP contribution in [0.2, 0.25) is 0 Å². The highest BCUT2D eigenvalue weighted by molar-refractivity contribution is 7.17. The Kier molecular flexibility index (Phi) is 4.53. The van der Waals surface area contributed by atoms with Crippen LogP contribution in [0.3, 0.4) is 0 Å². The van der Waals surface area contributed by atoms with Gasteiger partial charge in [0.25, 0.3) is 5.19 Å². The zero-order valence-electron chi connectivity index (χ0n) is 10.9. The van der Waals surface area contributed by atoms with Crippen molar-refractivity contribution >= 4 is 33.8 Å². The molecular formula is C11H14N4O3S2. The van der Waals surface area contributed by atoms with E-state index in [4.69, 9.17) is 4.74 Å². The van der Waals surface area contributed by atoms with Gasteiger partial charge in [0.05, 0.1) is 13.7 Å². The molecular weight excluding hydrogens is 300 g/mol. The Balaban J connectivity index is 1.86. The maximum Gasteiger partial charge on any atom is 0.321 e. The molecule has 7 nitrogen and oxygen atoms in total. The van der Waals surface area contributed by atoms with Gasteiger partial charge in [-0.25, -0.2) is 4.79 Å². The molecule has 0 saturated heterocycles. The van der Waals surface area contributed by atoms with Crippen LogP contribution in [0.15, 0.2) is 17.5 Å². The minimum Gasteiger partial charge on any atom is -0.472 e. The first-order valence-electron chi connectivity index (χ1n) is 5.70. The number of amides is 2. The summed E-state index contributed by atoms with van der Waals surface area (Å²) in [5.74, 6) is 0. The Morgan fingerprint density at radius 2 is 2.35 bits per heavy atom. The lowest BCUT2D eigenvalue weighted by Crippen LogP contribution is -2.40. The van der Waals surface area contributed by atoms with E-state index in [1.807, 2.05) is 17.5 Å². The SMILES string of the molecule is COc1nnc(NC(=O)NC[C@](C)(O)c2cccs2)s1. The quantitative estimate of drug-likeness (QED) is 0.779. The first-order valence-corrected chi connectivity index (χ1v) is 7.39. The summed E-state index contributed by atoms with van der Waals surface area (Å²) >= 11 is 2.55. The van der Waals surface area contributed by atoms with Gasteiger partial charge in [0.1, 0.15) is 5.60 Å². The van der Waals surface area contributed by atoms with E-state index >= 15 is 0 Å². The van der Waals surface area contributed by atoms with Crippen LogP contribution in [0.25, 0.3) is 0 Å². The van der Waals surface area contributed by atoms with Crippen LogP contribution in [-0.2, 0) is 5.60 Å². The maximum absolute atomic E-state index is 11.7. The van der Waals surface area contributed by atoms with E-state index in [-0.39, 0.29) is 6.54 Å². The molecule has 0 radical (unpaired) electrons. The fourth-order valence-electron chi connectivity index (χ4n) is 1.41. The number of rotatable bonds is 5. The molecule has 0 saturated carbocycles. The van der Waals surface area contributed by atoms with E-state index in [0.717, 1.165) is 16.2 Å². The molecule has 2 rings (SSSR count). The molecule has 1 atom stereocenters. The summed E-state index contributed by atoms with van der Waals surface area (Å²) in [6.07, 6.45) is 0. The monoisotopic (exact) mass is 314 g/mol. The average molecular weight is 314 g/mol. The minimum atomic E-state index is -1.11. The summed E-state index contributed by atoms with van der Waals surface area (Å²) in [4.78, 5) is 12.5. The van der Waals surface area contributed by atoms with Gasteiger partial charge in [-0.05, 0) is 29.7 Å². The number of urea groups is 1. The van der Waals surface area contributed by atoms with E-state index in [2.05, 4.69) is 20.8 Å². The van der Waals surface area contributed by atoms with Gasteiger partial charge in [0.15, 0.2) is 0 Å². The fraction of sp³-hybridized carbons (Fsp3) is 0.364. The number of carbonyl (C=O) groups excluding carboxylic acids is 1. The lowest BCUT2D eigenvalue weighted by Gasteiger charge is -2.22. The summed E-state index contributed by atoms with van der Waals surface area (Å²) in [7, 11) is 1.47. The zero-order valence-corrected chi connectivity index (χ0v) is 12.5. The predicted octanol–water partition coefficient (Wildman–Crippen LogP) is 1.64. The van der Waals surface area contributed by atoms with Gasteiger partial charge in [-0.1, -0.05) is 11.2 Å². The summed E-state index contributed by atoms with van der Waals surface area (Å²) in [5, 5.41) is 25.4. The molecule has 0 spiro atoms. The number of ether oxygens (including phenoxy) is 1. The van der Waals surface area contributed by atoms with Crippen LogP contribution >= 0.6 is 22.7 Å². The van der Waals surface area contributed by atoms with Crippen LogP contribution in [0, 0.1) is 0 Å². The lowest BCUT2D eigenvalue weighted by atomic mass is 10.1. The van der Waals surface area contributed by atoms with E-state index in [0.29, 0.717) is 10.3 Å². The zero-order chi connectivity index (χ0) is 14.6. The number of nitrogens with zero attached hydrogens (tertiary/aromatic N) is 2. The third-order valence-corrected chi connectivity index (χ3v) is 4.37. The molecule has 0 bridgehead atoms. The molecule has 3 N–H and O–H groups in total. The Hall–Kier alpha value is -1.71. The lowest BCUT2D eigenvalue weighted by molar-refractivity contribution is 0.0637. The number of aromatic nitrogens is 2. The number of methoxy groups -OCH3 is 1. The molecule has 108 valence electrons. The smallest absolute Gasteiger partial charge is 0.321 e. The highest BCUT2D eigenvalue weighted by atomic mass is 32.1. The predicted molar refractivity (Wildman–Crippen MR) is 77.4 cm³/mol. The highest BCUT2D eigenvalue weighted by Gasteiger charge is 2.25. The van der Waals surface area contributed by atoms with E-state index in [1.54, 1.807) is 6.92 Å². The number of anilines is 1. The van der Waals surface area contributed by atoms with E-state index < -0.39 is 11.6 Å². The maximum atomic E-state index is 11.7. The van der Waals surface area contributed by atoms with Crippen molar-refractivity contribution in [2.75, 3.05) is 19.0 Å². The summed E-state index contributed by atoms with van der Waals surface area (Å²) < 4.78 is 4.87. The molecule has 0 aliphatic carbocycles. The van der Waals surface area contributed by atoms with Crippen molar-refractivity contribution in [2.45, 2.75) is 12.5 Å². The molecule has 2 aromatic heterocycles. The van der Waals surface area contributed by atoms with Gasteiger partial charge < -0.3 is 15.2 Å². The minimum absolute atomic E-state index is 0.0925. The molecule has 9 heteroatoms. The Morgan fingerprint density at radius 1 is 1.55 bits per heavy atom. The largest absolute Gasteiger partial charge is 0.472 e. The molecule has 20 heavy (non-hydrogen) atoms. The Labute approximate surface area is 123 Å². The molecule has 0 aromatic carbocycles. The molecule has 2 aromatic rings. The van der Waals surface area contributed by atoms with Crippen molar-refractivity contribution in [3.63, 3.8) is 0 Å². The number of nitrogens with one attached hydrogen (secondary N) is 2. The molecule has 2 amide bonds. The van der Waals surface area contributed by atoms with Crippen molar-refractivity contribution in [2.24, 2.45) is 0 Å². The second-order valence-corrected chi connectivity index (χ2v) is 6.02. The summed E-state index contributed by atoms with van der Waals surface area (Å²) in [6, 6.07) is 3.21. The third kappa shape index (κ3) is 3.65. The van der Waals surface area contributed by atoms with Crippen LogP contribution in [0.4, 0.5) is 9.93 Å². The number of carbonyl (C=O) groups is 1. The van der Waals surface area contributed by atoms with Crippen LogP contribution in [-0.4, -0.2) is 35.0 Å². The van der Waals surface area contributed by atoms with Gasteiger partial charge in [-0.2, -0.15) is 0 Å². The Bertz CT molecular complexity index is 568. The van der Waals surface area contributed by atoms with Crippen LogP contribution in [0.1, 0.15) is 11.8 Å². The van der Waals surface area contributed by atoms with E-state index in [9.17, 15) is 9.90 Å². The fourth-order valence-corrected chi connectivity index (χ4v) is 2.75. The van der Waals surface area contributed by atoms with Gasteiger partial charge in [-0.3, -0.25) is 5.32 Å². The second kappa shape index (κ2) is 6.16. The molecule has 0 unspecified atom stereocenters. The van der Waals surface area contributed by atoms with Crippen molar-refractivity contribution in [3.8, 4) is 5.19 Å². The van der Waals surface area contributed by atoms with Crippen LogP contribution in [0.5, 0.6) is 5.19 Å². The highest BCUT2D eigenvalue weighted by Crippen LogP contribution is 2.24.